The van der Waals surface area contributed by atoms with Crippen LogP contribution < -0.4 is 0 Å². The third kappa shape index (κ3) is 11.8. The Balaban J connectivity index is 1.76. The van der Waals surface area contributed by atoms with E-state index in [4.69, 9.17) is 0 Å². The van der Waals surface area contributed by atoms with Gasteiger partial charge in [0.2, 0.25) is 0 Å². The van der Waals surface area contributed by atoms with E-state index in [0.29, 0.717) is 11.8 Å². The van der Waals surface area contributed by atoms with Crippen LogP contribution >= 0.6 is 45.3 Å². The summed E-state index contributed by atoms with van der Waals surface area (Å²) in [4.78, 5) is 10.1. The van der Waals surface area contributed by atoms with Gasteiger partial charge in [0, 0.05) is 44.4 Å². The molecule has 1 aliphatic rings. The summed E-state index contributed by atoms with van der Waals surface area (Å²) in [5.74, 6) is 1.25. The zero-order chi connectivity index (χ0) is 43.8. The Labute approximate surface area is 384 Å². The molecule has 0 amide bonds. The average Bonchev–Trinajstić information content (AvgIpc) is 4.11. The lowest BCUT2D eigenvalue weighted by atomic mass is 9.65. The van der Waals surface area contributed by atoms with Crippen LogP contribution in [-0.2, 0) is 18.3 Å². The van der Waals surface area contributed by atoms with Crippen molar-refractivity contribution in [3.05, 3.63) is 67.4 Å². The number of nitriles is 4. The molecule has 322 valence electrons. The maximum absolute atomic E-state index is 9.67. The summed E-state index contributed by atoms with van der Waals surface area (Å²) in [6.07, 6.45) is 27.2. The average molecular weight is 887 g/mol. The summed E-state index contributed by atoms with van der Waals surface area (Å²) in [7, 11) is 0. The van der Waals surface area contributed by atoms with Crippen molar-refractivity contribution < 1.29 is 0 Å². The molecule has 61 heavy (non-hydrogen) atoms. The van der Waals surface area contributed by atoms with Gasteiger partial charge in [-0.2, -0.15) is 21.0 Å². The Morgan fingerprint density at radius 3 is 1.25 bits per heavy atom. The van der Waals surface area contributed by atoms with Crippen molar-refractivity contribution in [1.82, 2.24) is 0 Å². The SMILES string of the molecule is CCCCCCc1cc(C=C(C#N)C#N)sc1-c1cc2c(s1)-c1sc(-c3sc(C=C(C#N)C#N)cc3CCCCCC)cc1C2(CC(CC)CCCC)CC(CC)CCCC. The van der Waals surface area contributed by atoms with Gasteiger partial charge in [-0.25, -0.2) is 0 Å². The van der Waals surface area contributed by atoms with Crippen molar-refractivity contribution in [2.75, 3.05) is 0 Å². The van der Waals surface area contributed by atoms with E-state index in [1.54, 1.807) is 34.8 Å². The van der Waals surface area contributed by atoms with Gasteiger partial charge in [-0.05, 0) is 109 Å². The van der Waals surface area contributed by atoms with E-state index in [0.717, 1.165) is 48.3 Å². The molecule has 1 aliphatic carbocycles. The first-order valence-electron chi connectivity index (χ1n) is 23.3. The van der Waals surface area contributed by atoms with Crippen molar-refractivity contribution in [2.45, 2.75) is 175 Å². The maximum atomic E-state index is 9.67. The highest BCUT2D eigenvalue weighted by Crippen LogP contribution is 2.63. The number of nitrogens with zero attached hydrogens (tertiary/aromatic N) is 4. The van der Waals surface area contributed by atoms with Crippen LogP contribution in [0, 0.1) is 57.2 Å². The van der Waals surface area contributed by atoms with E-state index in [2.05, 4.69) is 90.1 Å². The summed E-state index contributed by atoms with van der Waals surface area (Å²) in [6.45, 7) is 14.0. The molecule has 5 rings (SSSR count). The molecule has 2 unspecified atom stereocenters. The zero-order valence-corrected chi connectivity index (χ0v) is 40.9. The summed E-state index contributed by atoms with van der Waals surface area (Å²) in [6, 6.07) is 18.0. The van der Waals surface area contributed by atoms with E-state index in [1.165, 1.54) is 141 Å². The van der Waals surface area contributed by atoms with E-state index in [9.17, 15) is 21.0 Å². The lowest BCUT2D eigenvalue weighted by molar-refractivity contribution is 0.266. The summed E-state index contributed by atoms with van der Waals surface area (Å²) < 4.78 is 0. The summed E-state index contributed by atoms with van der Waals surface area (Å²) >= 11 is 7.43. The fraction of sp³-hybridized carbons (Fsp3) is 0.547. The molecule has 0 radical (unpaired) electrons. The topological polar surface area (TPSA) is 95.2 Å². The number of allylic oxidation sites excluding steroid dienone is 2. The first-order valence-corrected chi connectivity index (χ1v) is 26.6. The largest absolute Gasteiger partial charge is 0.192 e. The van der Waals surface area contributed by atoms with Crippen molar-refractivity contribution in [3.63, 3.8) is 0 Å². The fourth-order valence-corrected chi connectivity index (χ4v) is 14.6. The number of fused-ring (bicyclic) bond motifs is 3. The van der Waals surface area contributed by atoms with Crippen LogP contribution in [0.3, 0.4) is 0 Å². The Morgan fingerprint density at radius 2 is 0.902 bits per heavy atom. The van der Waals surface area contributed by atoms with Crippen molar-refractivity contribution in [2.24, 2.45) is 11.8 Å². The predicted molar refractivity (Wildman–Crippen MR) is 265 cm³/mol. The third-order valence-corrected chi connectivity index (χ3v) is 17.9. The van der Waals surface area contributed by atoms with Crippen LogP contribution in [0.2, 0.25) is 0 Å². The molecule has 2 atom stereocenters. The molecular formula is C53H66N4S4. The highest BCUT2D eigenvalue weighted by molar-refractivity contribution is 7.29. The molecule has 4 nitrogen and oxygen atoms in total. The van der Waals surface area contributed by atoms with Gasteiger partial charge in [-0.1, -0.05) is 131 Å². The van der Waals surface area contributed by atoms with E-state index >= 15 is 0 Å². The molecule has 0 fully saturated rings. The fourth-order valence-electron chi connectivity index (χ4n) is 9.37. The van der Waals surface area contributed by atoms with Crippen LogP contribution in [0.25, 0.3) is 41.4 Å². The molecule has 4 heterocycles. The van der Waals surface area contributed by atoms with Gasteiger partial charge in [0.15, 0.2) is 0 Å². The lowest BCUT2D eigenvalue weighted by Crippen LogP contribution is -2.31. The number of hydrogen-bond donors (Lipinski definition) is 0. The van der Waals surface area contributed by atoms with E-state index < -0.39 is 0 Å². The van der Waals surface area contributed by atoms with Gasteiger partial charge < -0.3 is 0 Å². The van der Waals surface area contributed by atoms with Crippen LogP contribution in [0.1, 0.15) is 189 Å². The normalized spacial score (nSPS) is 13.3. The van der Waals surface area contributed by atoms with Crippen LogP contribution in [0.5, 0.6) is 0 Å². The second kappa shape index (κ2) is 24.2. The minimum absolute atomic E-state index is 0.0941. The molecule has 0 saturated carbocycles. The number of thiophene rings is 4. The zero-order valence-electron chi connectivity index (χ0n) is 37.7. The molecule has 0 bridgehead atoms. The highest BCUT2D eigenvalue weighted by Gasteiger charge is 2.48. The number of unbranched alkanes of at least 4 members (excludes halogenated alkanes) is 8. The van der Waals surface area contributed by atoms with E-state index in [1.807, 2.05) is 22.7 Å². The van der Waals surface area contributed by atoms with Gasteiger partial charge in [-0.15, -0.1) is 45.3 Å². The van der Waals surface area contributed by atoms with Gasteiger partial charge in [-0.3, -0.25) is 0 Å². The first kappa shape index (κ1) is 48.3. The van der Waals surface area contributed by atoms with Gasteiger partial charge in [0.25, 0.3) is 0 Å². The predicted octanol–water partition coefficient (Wildman–Crippen LogP) is 17.9. The minimum Gasteiger partial charge on any atom is -0.192 e. The molecule has 0 aliphatic heterocycles. The molecule has 0 aromatic carbocycles. The number of aryl methyl sites for hydroxylation is 2. The Hall–Kier alpha value is -3.76. The Kier molecular flexibility index (Phi) is 19.1. The number of hydrogen-bond acceptors (Lipinski definition) is 8. The van der Waals surface area contributed by atoms with Gasteiger partial charge in [0.05, 0.1) is 0 Å². The second-order valence-electron chi connectivity index (χ2n) is 17.2. The first-order chi connectivity index (χ1) is 29.8. The molecule has 8 heteroatoms. The lowest BCUT2D eigenvalue weighted by Gasteiger charge is -2.37. The monoisotopic (exact) mass is 886 g/mol. The molecule has 4 aromatic rings. The number of rotatable bonds is 26. The van der Waals surface area contributed by atoms with Gasteiger partial charge in [0.1, 0.15) is 35.4 Å². The Morgan fingerprint density at radius 1 is 0.508 bits per heavy atom. The van der Waals surface area contributed by atoms with Crippen LogP contribution in [0.15, 0.2) is 35.4 Å². The van der Waals surface area contributed by atoms with Gasteiger partial charge >= 0.3 is 0 Å². The molecule has 0 saturated heterocycles. The molecule has 0 N–H and O–H groups in total. The van der Waals surface area contributed by atoms with E-state index in [-0.39, 0.29) is 16.6 Å². The standard InChI is InChI=1S/C53H66N4S4/c1-7-13-17-19-23-41-27-43(25-39(33-54)34-55)58-49(41)47-29-45-51(60-47)52-46(53(45,31-37(11-5)21-15-9-3)32-38(12-6)22-16-10-4)30-48(61-52)50-42(24-20-18-14-8-2)28-44(59-50)26-40(35-56)36-57/h25-30,37-38H,7-24,31-32H2,1-6H3. The van der Waals surface area contributed by atoms with Crippen molar-refractivity contribution in [3.8, 4) is 53.5 Å². The summed E-state index contributed by atoms with van der Waals surface area (Å²) in [5.41, 5.74) is 5.95. The summed E-state index contributed by atoms with van der Waals surface area (Å²) in [5, 5.41) is 38.7. The Bertz CT molecular complexity index is 2090. The third-order valence-electron chi connectivity index (χ3n) is 12.8. The second-order valence-corrected chi connectivity index (χ2v) is 21.5. The van der Waals surface area contributed by atoms with Crippen LogP contribution in [0.4, 0.5) is 0 Å². The smallest absolute Gasteiger partial charge is 0.131 e. The van der Waals surface area contributed by atoms with Crippen molar-refractivity contribution >= 4 is 57.5 Å². The highest BCUT2D eigenvalue weighted by atomic mass is 32.1. The molecule has 4 aromatic heterocycles. The maximum Gasteiger partial charge on any atom is 0.131 e. The van der Waals surface area contributed by atoms with Crippen LogP contribution in [-0.4, -0.2) is 0 Å². The molecular weight excluding hydrogens is 821 g/mol. The molecule has 0 spiro atoms. The quantitative estimate of drug-likeness (QED) is 0.0463. The van der Waals surface area contributed by atoms with Crippen molar-refractivity contribution in [1.29, 1.82) is 21.0 Å². The minimum atomic E-state index is -0.0941.